The quantitative estimate of drug-likeness (QED) is 0.745. The van der Waals surface area contributed by atoms with Crippen molar-refractivity contribution in [3.63, 3.8) is 0 Å². The first-order valence-corrected chi connectivity index (χ1v) is 6.38. The van der Waals surface area contributed by atoms with E-state index in [1.54, 1.807) is 0 Å². The predicted molar refractivity (Wildman–Crippen MR) is 75.8 cm³/mol. The lowest BCUT2D eigenvalue weighted by atomic mass is 9.94. The Morgan fingerprint density at radius 3 is 2.44 bits per heavy atom. The fraction of sp³-hybridized carbons (Fsp3) is 0.188. The van der Waals surface area contributed by atoms with Crippen molar-refractivity contribution < 1.29 is 4.79 Å². The van der Waals surface area contributed by atoms with Gasteiger partial charge < -0.3 is 0 Å². The normalized spacial score (nSPS) is 10.3. The summed E-state index contributed by atoms with van der Waals surface area (Å²) < 4.78 is 0. The van der Waals surface area contributed by atoms with E-state index in [9.17, 15) is 4.79 Å². The van der Waals surface area contributed by atoms with E-state index in [-0.39, 0.29) is 5.24 Å². The topological polar surface area (TPSA) is 17.1 Å². The van der Waals surface area contributed by atoms with Crippen molar-refractivity contribution in [1.29, 1.82) is 0 Å². The Morgan fingerprint density at radius 1 is 1.06 bits per heavy atom. The minimum Gasteiger partial charge on any atom is -0.281 e. The summed E-state index contributed by atoms with van der Waals surface area (Å²) in [6, 6.07) is 16.5. The highest BCUT2D eigenvalue weighted by molar-refractivity contribution is 6.63. The molecule has 0 aliphatic rings. The molecule has 2 aromatic carbocycles. The Balaban J connectivity index is 2.33. The van der Waals surface area contributed by atoms with Crippen LogP contribution in [0, 0.1) is 6.92 Å². The van der Waals surface area contributed by atoms with Gasteiger partial charge in [0.05, 0.1) is 0 Å². The average Bonchev–Trinajstić information content (AvgIpc) is 2.38. The molecule has 2 heteroatoms. The smallest absolute Gasteiger partial charge is 0.221 e. The molecule has 2 rings (SSSR count). The van der Waals surface area contributed by atoms with E-state index in [0.717, 1.165) is 0 Å². The summed E-state index contributed by atoms with van der Waals surface area (Å²) in [5.74, 6) is 0. The van der Waals surface area contributed by atoms with Gasteiger partial charge in [-0.1, -0.05) is 48.5 Å². The Hall–Kier alpha value is -1.60. The summed E-state index contributed by atoms with van der Waals surface area (Å²) in [5.41, 5.74) is 4.83. The second-order valence-electron chi connectivity index (χ2n) is 4.31. The van der Waals surface area contributed by atoms with Crippen LogP contribution in [0.3, 0.4) is 0 Å². The monoisotopic (exact) mass is 258 g/mol. The van der Waals surface area contributed by atoms with Crippen LogP contribution >= 0.6 is 11.6 Å². The molecule has 0 unspecified atom stereocenters. The lowest BCUT2D eigenvalue weighted by Gasteiger charge is -2.10. The first kappa shape index (κ1) is 12.8. The van der Waals surface area contributed by atoms with Crippen LogP contribution in [-0.2, 0) is 11.2 Å². The zero-order valence-electron chi connectivity index (χ0n) is 10.3. The number of carbonyl (C=O) groups excluding carboxylic acids is 1. The van der Waals surface area contributed by atoms with Gasteiger partial charge >= 0.3 is 0 Å². The van der Waals surface area contributed by atoms with Crippen molar-refractivity contribution in [3.05, 3.63) is 59.7 Å². The Bertz CT molecular complexity index is 546. The first-order valence-electron chi connectivity index (χ1n) is 6.00. The third kappa shape index (κ3) is 2.99. The minimum absolute atomic E-state index is 0.278. The van der Waals surface area contributed by atoms with E-state index in [0.29, 0.717) is 12.8 Å². The standard InChI is InChI=1S/C16H15ClO/c1-12-13(10-11-16(17)18)8-5-9-15(12)14-6-3-2-4-7-14/h2-9H,10-11H2,1H3. The Morgan fingerprint density at radius 2 is 1.78 bits per heavy atom. The maximum Gasteiger partial charge on any atom is 0.221 e. The largest absolute Gasteiger partial charge is 0.281 e. The van der Waals surface area contributed by atoms with Crippen molar-refractivity contribution in [2.75, 3.05) is 0 Å². The summed E-state index contributed by atoms with van der Waals surface area (Å²) >= 11 is 5.40. The lowest BCUT2D eigenvalue weighted by Crippen LogP contribution is -1.96. The maximum atomic E-state index is 10.8. The van der Waals surface area contributed by atoms with E-state index >= 15 is 0 Å². The number of rotatable bonds is 4. The lowest BCUT2D eigenvalue weighted by molar-refractivity contribution is -0.111. The minimum atomic E-state index is -0.278. The second kappa shape index (κ2) is 5.83. The summed E-state index contributed by atoms with van der Waals surface area (Å²) in [4.78, 5) is 10.8. The number of hydrogen-bond donors (Lipinski definition) is 0. The Kier molecular flexibility index (Phi) is 4.16. The number of carbonyl (C=O) groups is 1. The van der Waals surface area contributed by atoms with Gasteiger partial charge in [-0.05, 0) is 47.2 Å². The van der Waals surface area contributed by atoms with Crippen molar-refractivity contribution in [1.82, 2.24) is 0 Å². The molecule has 0 aliphatic carbocycles. The molecule has 0 spiro atoms. The zero-order chi connectivity index (χ0) is 13.0. The molecule has 0 aromatic heterocycles. The van der Waals surface area contributed by atoms with Crippen LogP contribution in [0.25, 0.3) is 11.1 Å². The molecule has 1 nitrogen and oxygen atoms in total. The highest BCUT2D eigenvalue weighted by atomic mass is 35.5. The molecule has 0 amide bonds. The molecule has 92 valence electrons. The molecule has 0 saturated heterocycles. The van der Waals surface area contributed by atoms with E-state index in [2.05, 4.69) is 31.2 Å². The molecule has 0 fully saturated rings. The van der Waals surface area contributed by atoms with E-state index in [1.165, 1.54) is 22.3 Å². The molecule has 0 aliphatic heterocycles. The number of benzene rings is 2. The van der Waals surface area contributed by atoms with Crippen molar-refractivity contribution in [2.24, 2.45) is 0 Å². The van der Waals surface area contributed by atoms with Crippen LogP contribution in [0.4, 0.5) is 0 Å². The van der Waals surface area contributed by atoms with Gasteiger partial charge in [-0.25, -0.2) is 0 Å². The van der Waals surface area contributed by atoms with Crippen LogP contribution in [0.2, 0.25) is 0 Å². The van der Waals surface area contributed by atoms with Gasteiger partial charge in [-0.2, -0.15) is 0 Å². The van der Waals surface area contributed by atoms with Crippen LogP contribution < -0.4 is 0 Å². The van der Waals surface area contributed by atoms with Crippen molar-refractivity contribution in [3.8, 4) is 11.1 Å². The summed E-state index contributed by atoms with van der Waals surface area (Å²) in [6.45, 7) is 2.09. The zero-order valence-corrected chi connectivity index (χ0v) is 11.1. The van der Waals surface area contributed by atoms with Gasteiger partial charge in [-0.3, -0.25) is 4.79 Å². The van der Waals surface area contributed by atoms with Gasteiger partial charge in [0.2, 0.25) is 5.24 Å². The fourth-order valence-corrected chi connectivity index (χ4v) is 2.21. The molecule has 0 heterocycles. The van der Waals surface area contributed by atoms with Gasteiger partial charge in [0, 0.05) is 6.42 Å². The maximum absolute atomic E-state index is 10.8. The molecule has 0 saturated carbocycles. The Labute approximate surface area is 112 Å². The molecular weight excluding hydrogens is 244 g/mol. The molecule has 18 heavy (non-hydrogen) atoms. The van der Waals surface area contributed by atoms with E-state index < -0.39 is 0 Å². The van der Waals surface area contributed by atoms with Crippen molar-refractivity contribution in [2.45, 2.75) is 19.8 Å². The van der Waals surface area contributed by atoms with Crippen LogP contribution in [-0.4, -0.2) is 5.24 Å². The molecule has 0 N–H and O–H groups in total. The number of hydrogen-bond acceptors (Lipinski definition) is 1. The van der Waals surface area contributed by atoms with Gasteiger partial charge in [0.25, 0.3) is 0 Å². The van der Waals surface area contributed by atoms with Gasteiger partial charge in [0.15, 0.2) is 0 Å². The summed E-state index contributed by atoms with van der Waals surface area (Å²) in [6.07, 6.45) is 1.09. The third-order valence-electron chi connectivity index (χ3n) is 3.12. The number of aryl methyl sites for hydroxylation is 1. The van der Waals surface area contributed by atoms with E-state index in [1.807, 2.05) is 24.3 Å². The SMILES string of the molecule is Cc1c(CCC(=O)Cl)cccc1-c1ccccc1. The second-order valence-corrected chi connectivity index (χ2v) is 4.73. The average molecular weight is 259 g/mol. The van der Waals surface area contributed by atoms with Gasteiger partial charge in [-0.15, -0.1) is 0 Å². The molecule has 2 aromatic rings. The summed E-state index contributed by atoms with van der Waals surface area (Å²) in [5, 5.41) is -0.278. The van der Waals surface area contributed by atoms with E-state index in [4.69, 9.17) is 11.6 Å². The first-order chi connectivity index (χ1) is 8.68. The van der Waals surface area contributed by atoms with Crippen LogP contribution in [0.15, 0.2) is 48.5 Å². The van der Waals surface area contributed by atoms with Crippen LogP contribution in [0.1, 0.15) is 17.5 Å². The fourth-order valence-electron chi connectivity index (χ4n) is 2.12. The number of halogens is 1. The van der Waals surface area contributed by atoms with Gasteiger partial charge in [0.1, 0.15) is 0 Å². The van der Waals surface area contributed by atoms with Crippen molar-refractivity contribution >= 4 is 16.8 Å². The molecule has 0 bridgehead atoms. The molecule has 0 radical (unpaired) electrons. The third-order valence-corrected chi connectivity index (χ3v) is 3.31. The molecule has 0 atom stereocenters. The highest BCUT2D eigenvalue weighted by Gasteiger charge is 2.07. The van der Waals surface area contributed by atoms with Crippen LogP contribution in [0.5, 0.6) is 0 Å². The highest BCUT2D eigenvalue weighted by Crippen LogP contribution is 2.26. The predicted octanol–water partition coefficient (Wildman–Crippen LogP) is 4.36. The molecular formula is C16H15ClO. The summed E-state index contributed by atoms with van der Waals surface area (Å²) in [7, 11) is 0.